The summed E-state index contributed by atoms with van der Waals surface area (Å²) in [5, 5.41) is 5.86. The van der Waals surface area contributed by atoms with Gasteiger partial charge in [-0.1, -0.05) is 30.3 Å². The van der Waals surface area contributed by atoms with Gasteiger partial charge in [0.2, 0.25) is 0 Å². The van der Waals surface area contributed by atoms with Crippen LogP contribution in [0.1, 0.15) is 12.5 Å². The molecule has 140 valence electrons. The second-order valence-corrected chi connectivity index (χ2v) is 7.32. The Balaban J connectivity index is 1.85. The fourth-order valence-corrected chi connectivity index (χ4v) is 3.47. The summed E-state index contributed by atoms with van der Waals surface area (Å²) in [7, 11) is -2.22. The second-order valence-electron chi connectivity index (χ2n) is 5.66. The molecule has 27 heavy (non-hydrogen) atoms. The van der Waals surface area contributed by atoms with E-state index in [1.165, 1.54) is 18.3 Å². The van der Waals surface area contributed by atoms with Crippen molar-refractivity contribution in [3.8, 4) is 11.5 Å². The summed E-state index contributed by atoms with van der Waals surface area (Å²) in [6, 6.07) is 17.7. The molecule has 0 saturated carbocycles. The summed E-state index contributed by atoms with van der Waals surface area (Å²) in [4.78, 5) is 2.34. The summed E-state index contributed by atoms with van der Waals surface area (Å²) in [6.07, 6.45) is 1.45. The number of rotatable bonds is 7. The van der Waals surface area contributed by atoms with Crippen molar-refractivity contribution in [2.45, 2.75) is 11.8 Å². The predicted molar refractivity (Wildman–Crippen MR) is 106 cm³/mol. The third kappa shape index (κ3) is 4.20. The van der Waals surface area contributed by atoms with E-state index >= 15 is 0 Å². The first-order chi connectivity index (χ1) is 13.0. The van der Waals surface area contributed by atoms with E-state index in [1.807, 2.05) is 43.3 Å². The molecule has 0 atom stereocenters. The van der Waals surface area contributed by atoms with E-state index in [-0.39, 0.29) is 4.90 Å². The quantitative estimate of drug-likeness (QED) is 0.499. The number of hydrogen-bond acceptors (Lipinski definition) is 5. The summed E-state index contributed by atoms with van der Waals surface area (Å²) in [5.74, 6) is 1.22. The Morgan fingerprint density at radius 3 is 2.48 bits per heavy atom. The zero-order chi connectivity index (χ0) is 19.3. The van der Waals surface area contributed by atoms with E-state index in [9.17, 15) is 8.42 Å². The van der Waals surface area contributed by atoms with Gasteiger partial charge in [0.05, 0.1) is 24.8 Å². The standard InChI is InChI=1S/C20H20N2O4S/c1-3-26-16-9-11-17(12-10-16)27(23,24)22-21-14-19-18-7-5-4-6-15(18)8-13-20(19)25-2/h4-14,22H,3H2,1-2H3/b21-14+. The molecule has 0 aliphatic carbocycles. The smallest absolute Gasteiger partial charge is 0.276 e. The Morgan fingerprint density at radius 1 is 1.04 bits per heavy atom. The van der Waals surface area contributed by atoms with Crippen LogP contribution in [0.5, 0.6) is 11.5 Å². The largest absolute Gasteiger partial charge is 0.496 e. The second kappa shape index (κ2) is 8.09. The summed E-state index contributed by atoms with van der Waals surface area (Å²) in [5.41, 5.74) is 0.699. The molecule has 1 N–H and O–H groups in total. The zero-order valence-corrected chi connectivity index (χ0v) is 15.9. The third-order valence-electron chi connectivity index (χ3n) is 3.96. The van der Waals surface area contributed by atoms with Gasteiger partial charge in [-0.25, -0.2) is 4.83 Å². The van der Waals surface area contributed by atoms with Gasteiger partial charge in [0.1, 0.15) is 11.5 Å². The van der Waals surface area contributed by atoms with Crippen LogP contribution in [0.15, 0.2) is 70.7 Å². The molecule has 0 heterocycles. The van der Waals surface area contributed by atoms with Crippen molar-refractivity contribution in [2.24, 2.45) is 5.10 Å². The number of nitrogens with one attached hydrogen (secondary N) is 1. The lowest BCUT2D eigenvalue weighted by atomic mass is 10.0. The Hall–Kier alpha value is -3.06. The van der Waals surface area contributed by atoms with Gasteiger partial charge in [0.15, 0.2) is 0 Å². The molecule has 0 saturated heterocycles. The van der Waals surface area contributed by atoms with Crippen LogP contribution in [0.25, 0.3) is 10.8 Å². The van der Waals surface area contributed by atoms with E-state index in [2.05, 4.69) is 9.93 Å². The van der Waals surface area contributed by atoms with Crippen LogP contribution in [0.2, 0.25) is 0 Å². The Bertz CT molecular complexity index is 1060. The highest BCUT2D eigenvalue weighted by molar-refractivity contribution is 7.89. The molecular formula is C20H20N2O4S. The molecule has 0 radical (unpaired) electrons. The third-order valence-corrected chi connectivity index (χ3v) is 5.20. The molecule has 0 spiro atoms. The van der Waals surface area contributed by atoms with Crippen LogP contribution in [-0.4, -0.2) is 28.3 Å². The lowest BCUT2D eigenvalue weighted by Gasteiger charge is -2.09. The van der Waals surface area contributed by atoms with E-state index in [1.54, 1.807) is 19.2 Å². The first kappa shape index (κ1) is 18.7. The van der Waals surface area contributed by atoms with Crippen molar-refractivity contribution in [3.63, 3.8) is 0 Å². The first-order valence-electron chi connectivity index (χ1n) is 8.38. The van der Waals surface area contributed by atoms with Gasteiger partial charge in [-0.2, -0.15) is 13.5 Å². The number of benzene rings is 3. The monoisotopic (exact) mass is 384 g/mol. The van der Waals surface area contributed by atoms with E-state index in [4.69, 9.17) is 9.47 Å². The summed E-state index contributed by atoms with van der Waals surface area (Å²) >= 11 is 0. The molecule has 6 nitrogen and oxygen atoms in total. The lowest BCUT2D eigenvalue weighted by molar-refractivity contribution is 0.340. The normalized spacial score (nSPS) is 11.6. The number of methoxy groups -OCH3 is 1. The van der Waals surface area contributed by atoms with Crippen molar-refractivity contribution < 1.29 is 17.9 Å². The first-order valence-corrected chi connectivity index (χ1v) is 9.87. The molecule has 0 aliphatic rings. The van der Waals surface area contributed by atoms with Crippen LogP contribution in [0.4, 0.5) is 0 Å². The molecule has 3 rings (SSSR count). The van der Waals surface area contributed by atoms with E-state index < -0.39 is 10.0 Å². The van der Waals surface area contributed by atoms with Crippen molar-refractivity contribution >= 4 is 27.0 Å². The van der Waals surface area contributed by atoms with Gasteiger partial charge in [0, 0.05) is 5.56 Å². The maximum atomic E-state index is 12.4. The van der Waals surface area contributed by atoms with E-state index in [0.29, 0.717) is 23.7 Å². The molecule has 0 aromatic heterocycles. The average Bonchev–Trinajstić information content (AvgIpc) is 2.68. The maximum absolute atomic E-state index is 12.4. The van der Waals surface area contributed by atoms with Gasteiger partial charge in [0.25, 0.3) is 10.0 Å². The number of hydrogen-bond donors (Lipinski definition) is 1. The van der Waals surface area contributed by atoms with Gasteiger partial charge < -0.3 is 9.47 Å². The van der Waals surface area contributed by atoms with Gasteiger partial charge >= 0.3 is 0 Å². The number of sulfonamides is 1. The van der Waals surface area contributed by atoms with E-state index in [0.717, 1.165) is 10.8 Å². The van der Waals surface area contributed by atoms with Crippen molar-refractivity contribution in [1.82, 2.24) is 4.83 Å². The summed E-state index contributed by atoms with van der Waals surface area (Å²) in [6.45, 7) is 2.38. The fraction of sp³-hybridized carbons (Fsp3) is 0.150. The lowest BCUT2D eigenvalue weighted by Crippen LogP contribution is -2.18. The molecule has 0 fully saturated rings. The number of fused-ring (bicyclic) bond motifs is 1. The highest BCUT2D eigenvalue weighted by Crippen LogP contribution is 2.26. The van der Waals surface area contributed by atoms with Crippen LogP contribution in [0.3, 0.4) is 0 Å². The fourth-order valence-electron chi connectivity index (χ4n) is 2.68. The minimum Gasteiger partial charge on any atom is -0.496 e. The van der Waals surface area contributed by atoms with Gasteiger partial charge in [-0.3, -0.25) is 0 Å². The Kier molecular flexibility index (Phi) is 5.61. The zero-order valence-electron chi connectivity index (χ0n) is 15.0. The number of hydrazone groups is 1. The maximum Gasteiger partial charge on any atom is 0.276 e. The highest BCUT2D eigenvalue weighted by atomic mass is 32.2. The van der Waals surface area contributed by atoms with Crippen molar-refractivity contribution in [3.05, 3.63) is 66.2 Å². The molecule has 3 aromatic carbocycles. The molecular weight excluding hydrogens is 364 g/mol. The average molecular weight is 384 g/mol. The minimum absolute atomic E-state index is 0.105. The van der Waals surface area contributed by atoms with Crippen LogP contribution in [-0.2, 0) is 10.0 Å². The van der Waals surface area contributed by atoms with Crippen LogP contribution in [0, 0.1) is 0 Å². The minimum atomic E-state index is -3.78. The highest BCUT2D eigenvalue weighted by Gasteiger charge is 2.13. The number of nitrogens with zero attached hydrogens (tertiary/aromatic N) is 1. The number of ether oxygens (including phenoxy) is 2. The van der Waals surface area contributed by atoms with Gasteiger partial charge in [-0.15, -0.1) is 0 Å². The summed E-state index contributed by atoms with van der Waals surface area (Å²) < 4.78 is 35.5. The van der Waals surface area contributed by atoms with Crippen LogP contribution >= 0.6 is 0 Å². The molecule has 3 aromatic rings. The van der Waals surface area contributed by atoms with Gasteiger partial charge in [-0.05, 0) is 48.0 Å². The molecule has 0 aliphatic heterocycles. The van der Waals surface area contributed by atoms with Crippen molar-refractivity contribution in [1.29, 1.82) is 0 Å². The molecule has 7 heteroatoms. The van der Waals surface area contributed by atoms with Crippen molar-refractivity contribution in [2.75, 3.05) is 13.7 Å². The van der Waals surface area contributed by atoms with Crippen LogP contribution < -0.4 is 14.3 Å². The molecule has 0 amide bonds. The Labute approximate surface area is 158 Å². The Morgan fingerprint density at radius 2 is 1.78 bits per heavy atom. The predicted octanol–water partition coefficient (Wildman–Crippen LogP) is 3.56. The molecule has 0 unspecified atom stereocenters. The molecule has 0 bridgehead atoms. The SMILES string of the molecule is CCOc1ccc(S(=O)(=O)N/N=C/c2c(OC)ccc3ccccc23)cc1. The topological polar surface area (TPSA) is 77.0 Å².